The largest absolute Gasteiger partial charge is 0.370 e. The van der Waals surface area contributed by atoms with Crippen molar-refractivity contribution >= 4 is 45.6 Å². The number of benzene rings is 1. The maximum absolute atomic E-state index is 11.0. The van der Waals surface area contributed by atoms with Crippen molar-refractivity contribution in [1.29, 1.82) is 0 Å². The van der Waals surface area contributed by atoms with Gasteiger partial charge in [-0.05, 0) is 38.5 Å². The van der Waals surface area contributed by atoms with Crippen molar-refractivity contribution in [2.24, 2.45) is 10.1 Å². The highest BCUT2D eigenvalue weighted by Gasteiger charge is 2.06. The van der Waals surface area contributed by atoms with Crippen LogP contribution in [-0.2, 0) is 10.0 Å². The summed E-state index contributed by atoms with van der Waals surface area (Å²) in [5, 5.41) is 11.3. The van der Waals surface area contributed by atoms with E-state index in [1.165, 1.54) is 11.3 Å². The topological polar surface area (TPSA) is 99.8 Å². The number of hydrogen-bond acceptors (Lipinski definition) is 4. The number of anilines is 1. The Morgan fingerprint density at radius 3 is 2.56 bits per heavy atom. The van der Waals surface area contributed by atoms with Crippen LogP contribution < -0.4 is 20.7 Å². The summed E-state index contributed by atoms with van der Waals surface area (Å²) in [7, 11) is -3.48. The lowest BCUT2D eigenvalue weighted by Gasteiger charge is -2.24. The third-order valence-electron chi connectivity index (χ3n) is 3.41. The van der Waals surface area contributed by atoms with Crippen molar-refractivity contribution in [3.8, 4) is 0 Å². The van der Waals surface area contributed by atoms with E-state index < -0.39 is 10.0 Å². The molecule has 7 nitrogen and oxygen atoms in total. The van der Waals surface area contributed by atoms with Crippen LogP contribution in [0.25, 0.3) is 0 Å². The minimum Gasteiger partial charge on any atom is -0.370 e. The smallest absolute Gasteiger partial charge is 0.210 e. The summed E-state index contributed by atoms with van der Waals surface area (Å²) in [5.41, 5.74) is 2.42. The summed E-state index contributed by atoms with van der Waals surface area (Å²) in [6.07, 6.45) is 0. The van der Waals surface area contributed by atoms with Crippen LogP contribution >= 0.6 is 24.0 Å². The highest BCUT2D eigenvalue weighted by molar-refractivity contribution is 14.0. The SMILES string of the molecule is CCNC(=NCCS(N)(=O)=O)NCCN(CC)c1cccc(C)c1.I. The molecular weight excluding hydrogens is 453 g/mol. The summed E-state index contributed by atoms with van der Waals surface area (Å²) in [6, 6.07) is 8.40. The van der Waals surface area contributed by atoms with Gasteiger partial charge in [-0.25, -0.2) is 13.6 Å². The van der Waals surface area contributed by atoms with Crippen LogP contribution in [0, 0.1) is 6.92 Å². The first-order valence-corrected chi connectivity index (χ1v) is 9.91. The highest BCUT2D eigenvalue weighted by atomic mass is 127. The molecule has 9 heteroatoms. The standard InChI is InChI=1S/C16H29N5O2S.HI/c1-4-18-16(20-10-12-24(17,22)23)19-9-11-21(5-2)15-8-6-7-14(3)13-15;/h6-8,13H,4-5,9-12H2,1-3H3,(H2,17,22,23)(H2,18,19,20);1H. The maximum atomic E-state index is 11.0. The third kappa shape index (κ3) is 10.5. The van der Waals surface area contributed by atoms with Crippen LogP contribution in [0.1, 0.15) is 19.4 Å². The lowest BCUT2D eigenvalue weighted by molar-refractivity contribution is 0.597. The molecule has 0 aliphatic heterocycles. The molecule has 0 radical (unpaired) electrons. The van der Waals surface area contributed by atoms with Gasteiger partial charge in [0.2, 0.25) is 10.0 Å². The number of halogens is 1. The molecule has 0 spiro atoms. The molecule has 0 amide bonds. The lowest BCUT2D eigenvalue weighted by Crippen LogP contribution is -2.42. The molecule has 0 bridgehead atoms. The van der Waals surface area contributed by atoms with Gasteiger partial charge in [-0.1, -0.05) is 12.1 Å². The fourth-order valence-electron chi connectivity index (χ4n) is 2.23. The molecule has 0 saturated carbocycles. The fraction of sp³-hybridized carbons (Fsp3) is 0.562. The average molecular weight is 483 g/mol. The van der Waals surface area contributed by atoms with Gasteiger partial charge in [-0.2, -0.15) is 0 Å². The number of nitrogens with two attached hydrogens (primary N) is 1. The minimum atomic E-state index is -3.48. The molecule has 4 N–H and O–H groups in total. The molecule has 1 aromatic carbocycles. The Bertz CT molecular complexity index is 637. The monoisotopic (exact) mass is 483 g/mol. The molecule has 0 heterocycles. The number of guanidine groups is 1. The number of sulfonamides is 1. The molecule has 0 unspecified atom stereocenters. The molecule has 0 aromatic heterocycles. The molecule has 0 aliphatic rings. The summed E-state index contributed by atoms with van der Waals surface area (Å²) in [4.78, 5) is 6.50. The van der Waals surface area contributed by atoms with Crippen LogP contribution in [0.15, 0.2) is 29.3 Å². The van der Waals surface area contributed by atoms with Gasteiger partial charge in [0.05, 0.1) is 12.3 Å². The minimum absolute atomic E-state index is 0. The van der Waals surface area contributed by atoms with E-state index in [1.807, 2.05) is 6.92 Å². The first-order chi connectivity index (χ1) is 11.4. The summed E-state index contributed by atoms with van der Waals surface area (Å²) in [5.74, 6) is 0.440. The molecule has 0 atom stereocenters. The number of hydrogen-bond donors (Lipinski definition) is 3. The Morgan fingerprint density at radius 1 is 1.28 bits per heavy atom. The van der Waals surface area contributed by atoms with E-state index in [9.17, 15) is 8.42 Å². The van der Waals surface area contributed by atoms with E-state index in [0.29, 0.717) is 19.0 Å². The van der Waals surface area contributed by atoms with Crippen LogP contribution in [0.2, 0.25) is 0 Å². The van der Waals surface area contributed by atoms with E-state index in [4.69, 9.17) is 5.14 Å². The molecule has 1 rings (SSSR count). The second-order valence-corrected chi connectivity index (χ2v) is 7.21. The maximum Gasteiger partial charge on any atom is 0.210 e. The Kier molecular flexibility index (Phi) is 11.8. The van der Waals surface area contributed by atoms with Crippen LogP contribution in [0.4, 0.5) is 5.69 Å². The molecule has 1 aromatic rings. The zero-order valence-electron chi connectivity index (χ0n) is 15.2. The van der Waals surface area contributed by atoms with Crippen molar-refractivity contribution in [3.05, 3.63) is 29.8 Å². The fourth-order valence-corrected chi connectivity index (χ4v) is 2.58. The molecule has 25 heavy (non-hydrogen) atoms. The zero-order valence-corrected chi connectivity index (χ0v) is 18.3. The van der Waals surface area contributed by atoms with Crippen LogP contribution in [-0.4, -0.2) is 52.9 Å². The first kappa shape index (κ1) is 23.9. The number of nitrogens with one attached hydrogen (secondary N) is 2. The Morgan fingerprint density at radius 2 is 2.00 bits per heavy atom. The average Bonchev–Trinajstić information content (AvgIpc) is 2.50. The van der Waals surface area contributed by atoms with Gasteiger partial charge in [0.25, 0.3) is 0 Å². The number of aliphatic imine (C=N–C) groups is 1. The number of nitrogens with zero attached hydrogens (tertiary/aromatic N) is 2. The van der Waals surface area contributed by atoms with Gasteiger partial charge in [0, 0.05) is 31.9 Å². The molecule has 0 fully saturated rings. The number of rotatable bonds is 9. The molecule has 0 saturated heterocycles. The number of likely N-dealkylation sites (N-methyl/N-ethyl adjacent to an activating group) is 1. The quantitative estimate of drug-likeness (QED) is 0.279. The zero-order chi connectivity index (χ0) is 18.0. The predicted molar refractivity (Wildman–Crippen MR) is 116 cm³/mol. The second kappa shape index (κ2) is 12.3. The lowest BCUT2D eigenvalue weighted by atomic mass is 10.2. The summed E-state index contributed by atoms with van der Waals surface area (Å²) < 4.78 is 21.9. The van der Waals surface area contributed by atoms with Crippen molar-refractivity contribution in [3.63, 3.8) is 0 Å². The van der Waals surface area contributed by atoms with E-state index in [1.54, 1.807) is 0 Å². The Balaban J connectivity index is 0.00000576. The normalized spacial score (nSPS) is 11.6. The first-order valence-electron chi connectivity index (χ1n) is 8.20. The van der Waals surface area contributed by atoms with Crippen molar-refractivity contribution in [2.75, 3.05) is 43.4 Å². The van der Waals surface area contributed by atoms with Gasteiger partial charge in [-0.15, -0.1) is 24.0 Å². The Labute approximate surface area is 168 Å². The number of aryl methyl sites for hydroxylation is 1. The van der Waals surface area contributed by atoms with Crippen LogP contribution in [0.3, 0.4) is 0 Å². The number of primary sulfonamides is 1. The van der Waals surface area contributed by atoms with Crippen molar-refractivity contribution < 1.29 is 8.42 Å². The van der Waals surface area contributed by atoms with E-state index in [0.717, 1.165) is 13.1 Å². The van der Waals surface area contributed by atoms with E-state index in [-0.39, 0.29) is 36.3 Å². The molecular formula is C16H30IN5O2S. The molecule has 144 valence electrons. The van der Waals surface area contributed by atoms with E-state index >= 15 is 0 Å². The second-order valence-electron chi connectivity index (χ2n) is 5.47. The van der Waals surface area contributed by atoms with Gasteiger partial charge < -0.3 is 15.5 Å². The van der Waals surface area contributed by atoms with Crippen LogP contribution in [0.5, 0.6) is 0 Å². The highest BCUT2D eigenvalue weighted by Crippen LogP contribution is 2.14. The predicted octanol–water partition coefficient (Wildman–Crippen LogP) is 1.28. The van der Waals surface area contributed by atoms with Gasteiger partial charge in [0.1, 0.15) is 0 Å². The van der Waals surface area contributed by atoms with E-state index in [2.05, 4.69) is 58.6 Å². The molecule has 0 aliphatic carbocycles. The van der Waals surface area contributed by atoms with Gasteiger partial charge in [-0.3, -0.25) is 4.99 Å². The van der Waals surface area contributed by atoms with Crippen molar-refractivity contribution in [1.82, 2.24) is 10.6 Å². The Hall–Kier alpha value is -1.07. The van der Waals surface area contributed by atoms with Crippen molar-refractivity contribution in [2.45, 2.75) is 20.8 Å². The van der Waals surface area contributed by atoms with Gasteiger partial charge >= 0.3 is 0 Å². The third-order valence-corrected chi connectivity index (χ3v) is 4.16. The summed E-state index contributed by atoms with van der Waals surface area (Å²) in [6.45, 7) is 9.43. The summed E-state index contributed by atoms with van der Waals surface area (Å²) >= 11 is 0. The van der Waals surface area contributed by atoms with Gasteiger partial charge in [0.15, 0.2) is 5.96 Å².